The van der Waals surface area contributed by atoms with Crippen LogP contribution in [-0.2, 0) is 19.1 Å². The van der Waals surface area contributed by atoms with Crippen molar-refractivity contribution in [1.82, 2.24) is 10.6 Å². The van der Waals surface area contributed by atoms with E-state index in [9.17, 15) is 19.2 Å². The Morgan fingerprint density at radius 1 is 1.17 bits per heavy atom. The zero-order chi connectivity index (χ0) is 17.2. The van der Waals surface area contributed by atoms with E-state index in [1.807, 2.05) is 0 Å². The molecule has 1 atom stereocenters. The number of hydrogen-bond donors (Lipinski definition) is 2. The number of benzene rings is 1. The molecular formula is C15H18N2O5S. The van der Waals surface area contributed by atoms with Crippen LogP contribution in [0.25, 0.3) is 0 Å². The van der Waals surface area contributed by atoms with Crippen LogP contribution < -0.4 is 10.6 Å². The average Bonchev–Trinajstić information content (AvgIpc) is 2.56. The van der Waals surface area contributed by atoms with E-state index in [1.54, 1.807) is 30.3 Å². The summed E-state index contributed by atoms with van der Waals surface area (Å²) >= 11 is 0.914. The predicted molar refractivity (Wildman–Crippen MR) is 85.9 cm³/mol. The Kier molecular flexibility index (Phi) is 7.82. The third kappa shape index (κ3) is 6.96. The molecule has 2 N–H and O–H groups in total. The summed E-state index contributed by atoms with van der Waals surface area (Å²) in [6.45, 7) is 1.06. The Hall–Kier alpha value is -2.35. The van der Waals surface area contributed by atoms with Crippen molar-refractivity contribution in [3.8, 4) is 0 Å². The fraction of sp³-hybridized carbons (Fsp3) is 0.333. The van der Waals surface area contributed by atoms with E-state index in [-0.39, 0.29) is 17.4 Å². The fourth-order valence-electron chi connectivity index (χ4n) is 1.57. The zero-order valence-electron chi connectivity index (χ0n) is 12.8. The van der Waals surface area contributed by atoms with E-state index in [0.717, 1.165) is 11.8 Å². The van der Waals surface area contributed by atoms with E-state index in [2.05, 4.69) is 15.4 Å². The van der Waals surface area contributed by atoms with Crippen molar-refractivity contribution >= 4 is 34.7 Å². The lowest BCUT2D eigenvalue weighted by Gasteiger charge is -2.17. The number of carbonyl (C=O) groups is 4. The molecule has 0 heterocycles. The summed E-state index contributed by atoms with van der Waals surface area (Å²) in [5.74, 6) is -1.53. The van der Waals surface area contributed by atoms with Gasteiger partial charge >= 0.3 is 5.97 Å². The number of ether oxygens (including phenoxy) is 1. The first kappa shape index (κ1) is 18.7. The van der Waals surface area contributed by atoms with Gasteiger partial charge in [-0.15, -0.1) is 0 Å². The van der Waals surface area contributed by atoms with E-state index >= 15 is 0 Å². The summed E-state index contributed by atoms with van der Waals surface area (Å²) in [5, 5.41) is 4.74. The summed E-state index contributed by atoms with van der Waals surface area (Å²) in [4.78, 5) is 46.4. The van der Waals surface area contributed by atoms with Gasteiger partial charge in [0.1, 0.15) is 12.6 Å². The highest BCUT2D eigenvalue weighted by molar-refractivity contribution is 8.13. The normalized spacial score (nSPS) is 11.2. The van der Waals surface area contributed by atoms with Crippen molar-refractivity contribution < 1.29 is 23.9 Å². The van der Waals surface area contributed by atoms with Gasteiger partial charge in [0, 0.05) is 18.2 Å². The highest BCUT2D eigenvalue weighted by Gasteiger charge is 2.22. The van der Waals surface area contributed by atoms with Crippen LogP contribution in [0.15, 0.2) is 30.3 Å². The third-order valence-corrected chi connectivity index (χ3v) is 3.65. The van der Waals surface area contributed by atoms with Gasteiger partial charge in [-0.1, -0.05) is 30.0 Å². The molecular weight excluding hydrogens is 320 g/mol. The number of amides is 2. The molecule has 0 saturated carbocycles. The maximum Gasteiger partial charge on any atom is 0.325 e. The van der Waals surface area contributed by atoms with Gasteiger partial charge in [-0.25, -0.2) is 0 Å². The minimum absolute atomic E-state index is 0.0704. The molecule has 124 valence electrons. The molecule has 23 heavy (non-hydrogen) atoms. The highest BCUT2D eigenvalue weighted by atomic mass is 32.2. The monoisotopic (exact) mass is 338 g/mol. The van der Waals surface area contributed by atoms with Crippen LogP contribution in [0.1, 0.15) is 17.3 Å². The zero-order valence-corrected chi connectivity index (χ0v) is 13.6. The maximum atomic E-state index is 12.1. The van der Waals surface area contributed by atoms with Crippen molar-refractivity contribution in [3.05, 3.63) is 35.9 Å². The average molecular weight is 338 g/mol. The van der Waals surface area contributed by atoms with E-state index in [0.29, 0.717) is 5.56 Å². The minimum atomic E-state index is -0.943. The fourth-order valence-corrected chi connectivity index (χ4v) is 2.21. The molecule has 2 amide bonds. The molecule has 1 rings (SSSR count). The molecule has 1 aromatic carbocycles. The Morgan fingerprint density at radius 3 is 2.39 bits per heavy atom. The van der Waals surface area contributed by atoms with E-state index in [1.165, 1.54) is 14.0 Å². The Morgan fingerprint density at radius 2 is 1.83 bits per heavy atom. The second-order valence-corrected chi connectivity index (χ2v) is 5.69. The van der Waals surface area contributed by atoms with Crippen molar-refractivity contribution in [1.29, 1.82) is 0 Å². The highest BCUT2D eigenvalue weighted by Crippen LogP contribution is 2.06. The molecule has 0 unspecified atom stereocenters. The first-order valence-corrected chi connectivity index (χ1v) is 7.76. The lowest BCUT2D eigenvalue weighted by Crippen LogP contribution is -2.49. The van der Waals surface area contributed by atoms with Crippen molar-refractivity contribution in [2.45, 2.75) is 13.0 Å². The molecule has 0 bridgehead atoms. The lowest BCUT2D eigenvalue weighted by molar-refractivity contribution is -0.141. The Labute approximate surface area is 138 Å². The molecule has 1 aromatic rings. The molecule has 8 heteroatoms. The molecule has 7 nitrogen and oxygen atoms in total. The summed E-state index contributed by atoms with van der Waals surface area (Å²) < 4.78 is 4.43. The SMILES string of the molecule is COC(=O)CNC(=O)[C@H](CSC(C)=O)NC(=O)c1ccccc1. The standard InChI is InChI=1S/C15H18N2O5S/c1-10(18)23-9-12(15(21)16-8-13(19)22-2)17-14(20)11-6-4-3-5-7-11/h3-7,12H,8-9H2,1-2H3,(H,16,21)(H,17,20)/t12-/m0/s1. The summed E-state index contributed by atoms with van der Waals surface area (Å²) in [5.41, 5.74) is 0.395. The van der Waals surface area contributed by atoms with Gasteiger partial charge in [0.15, 0.2) is 5.12 Å². The maximum absolute atomic E-state index is 12.1. The number of rotatable bonds is 7. The molecule has 0 aromatic heterocycles. The number of methoxy groups -OCH3 is 1. The van der Waals surface area contributed by atoms with Crippen LogP contribution in [0.3, 0.4) is 0 Å². The van der Waals surface area contributed by atoms with Crippen LogP contribution >= 0.6 is 11.8 Å². The van der Waals surface area contributed by atoms with Crippen molar-refractivity contribution in [3.63, 3.8) is 0 Å². The molecule has 0 aliphatic rings. The van der Waals surface area contributed by atoms with Crippen LogP contribution in [0.4, 0.5) is 0 Å². The summed E-state index contributed by atoms with van der Waals surface area (Å²) in [6.07, 6.45) is 0. The second kappa shape index (κ2) is 9.62. The Balaban J connectivity index is 2.71. The van der Waals surface area contributed by atoms with Gasteiger partial charge in [0.2, 0.25) is 5.91 Å². The van der Waals surface area contributed by atoms with Gasteiger partial charge in [-0.3, -0.25) is 19.2 Å². The number of carbonyl (C=O) groups excluding carboxylic acids is 4. The molecule has 0 aliphatic carbocycles. The van der Waals surface area contributed by atoms with Crippen LogP contribution in [0.5, 0.6) is 0 Å². The Bertz CT molecular complexity index is 576. The molecule has 0 fully saturated rings. The van der Waals surface area contributed by atoms with Gasteiger partial charge in [0.05, 0.1) is 7.11 Å². The lowest BCUT2D eigenvalue weighted by atomic mass is 10.2. The van der Waals surface area contributed by atoms with Crippen molar-refractivity contribution in [2.75, 3.05) is 19.4 Å². The summed E-state index contributed by atoms with van der Waals surface area (Å²) in [7, 11) is 1.20. The number of esters is 1. The largest absolute Gasteiger partial charge is 0.468 e. The van der Waals surface area contributed by atoms with Crippen LogP contribution in [0.2, 0.25) is 0 Å². The minimum Gasteiger partial charge on any atom is -0.468 e. The molecule has 0 radical (unpaired) electrons. The van der Waals surface area contributed by atoms with E-state index < -0.39 is 23.8 Å². The van der Waals surface area contributed by atoms with Crippen molar-refractivity contribution in [2.24, 2.45) is 0 Å². The predicted octanol–water partition coefficient (Wildman–Crippen LogP) is 0.354. The smallest absolute Gasteiger partial charge is 0.325 e. The van der Waals surface area contributed by atoms with Gasteiger partial charge in [-0.2, -0.15) is 0 Å². The topological polar surface area (TPSA) is 102 Å². The number of thioether (sulfide) groups is 1. The summed E-state index contributed by atoms with van der Waals surface area (Å²) in [6, 6.07) is 7.44. The quantitative estimate of drug-likeness (QED) is 0.696. The first-order chi connectivity index (χ1) is 10.9. The van der Waals surface area contributed by atoms with Gasteiger partial charge < -0.3 is 15.4 Å². The molecule has 0 saturated heterocycles. The van der Waals surface area contributed by atoms with Gasteiger partial charge in [0.25, 0.3) is 5.91 Å². The third-order valence-electron chi connectivity index (χ3n) is 2.75. The number of nitrogens with one attached hydrogen (secondary N) is 2. The molecule has 0 spiro atoms. The van der Waals surface area contributed by atoms with E-state index in [4.69, 9.17) is 0 Å². The van der Waals surface area contributed by atoms with Crippen LogP contribution in [-0.4, -0.2) is 48.3 Å². The number of hydrogen-bond acceptors (Lipinski definition) is 6. The van der Waals surface area contributed by atoms with Crippen LogP contribution in [0, 0.1) is 0 Å². The second-order valence-electron chi connectivity index (χ2n) is 4.49. The van der Waals surface area contributed by atoms with Gasteiger partial charge in [-0.05, 0) is 12.1 Å². The first-order valence-electron chi connectivity index (χ1n) is 6.78. The molecule has 0 aliphatic heterocycles.